The molecule has 4 atom stereocenters. The molecule has 1 saturated heterocycles. The zero-order valence-corrected chi connectivity index (χ0v) is 21.8. The van der Waals surface area contributed by atoms with Crippen LogP contribution in [-0.2, 0) is 20.2 Å². The first-order valence-corrected chi connectivity index (χ1v) is 12.6. The maximum absolute atomic E-state index is 13.5. The summed E-state index contributed by atoms with van der Waals surface area (Å²) in [6, 6.07) is 6.81. The Morgan fingerprint density at radius 1 is 1.31 bits per heavy atom. The number of aromatic nitrogens is 1. The Bertz CT molecular complexity index is 1140. The molecule has 3 heterocycles. The van der Waals surface area contributed by atoms with Crippen LogP contribution in [0.2, 0.25) is 0 Å². The number of nitrogens with zero attached hydrogens (tertiary/aromatic N) is 3. The van der Waals surface area contributed by atoms with E-state index in [1.54, 1.807) is 16.2 Å². The average Bonchev–Trinajstić information content (AvgIpc) is 3.49. The van der Waals surface area contributed by atoms with Gasteiger partial charge in [-0.3, -0.25) is 9.59 Å². The van der Waals surface area contributed by atoms with Crippen LogP contribution in [0.3, 0.4) is 0 Å². The quantitative estimate of drug-likeness (QED) is 0.583. The minimum Gasteiger partial charge on any atom is -0.391 e. The molecular weight excluding hydrogens is 466 g/mol. The average molecular weight is 500 g/mol. The maximum Gasteiger partial charge on any atom is 0.246 e. The van der Waals surface area contributed by atoms with Crippen LogP contribution in [0.5, 0.6) is 0 Å². The van der Waals surface area contributed by atoms with Crippen LogP contribution in [0.25, 0.3) is 10.4 Å². The van der Waals surface area contributed by atoms with Crippen LogP contribution < -0.4 is 10.6 Å². The smallest absolute Gasteiger partial charge is 0.246 e. The van der Waals surface area contributed by atoms with E-state index in [9.17, 15) is 14.7 Å². The van der Waals surface area contributed by atoms with Gasteiger partial charge in [-0.25, -0.2) is 4.98 Å². The molecule has 2 aliphatic rings. The largest absolute Gasteiger partial charge is 0.391 e. The molecular formula is C25H33N5O4S. The first-order valence-electron chi connectivity index (χ1n) is 11.7. The van der Waals surface area contributed by atoms with Crippen LogP contribution in [0.4, 0.5) is 0 Å². The number of amides is 2. The van der Waals surface area contributed by atoms with Crippen molar-refractivity contribution in [3.8, 4) is 10.4 Å². The zero-order chi connectivity index (χ0) is 25.5. The normalized spacial score (nSPS) is 25.0. The lowest BCUT2D eigenvalue weighted by molar-refractivity contribution is -0.139. The molecule has 2 amide bonds. The van der Waals surface area contributed by atoms with E-state index in [4.69, 9.17) is 4.84 Å². The van der Waals surface area contributed by atoms with E-state index >= 15 is 0 Å². The molecule has 9 nitrogen and oxygen atoms in total. The molecule has 0 saturated carbocycles. The second-order valence-electron chi connectivity index (χ2n) is 10.5. The van der Waals surface area contributed by atoms with E-state index in [0.29, 0.717) is 12.3 Å². The van der Waals surface area contributed by atoms with Gasteiger partial charge in [-0.2, -0.15) is 0 Å². The molecule has 35 heavy (non-hydrogen) atoms. The van der Waals surface area contributed by atoms with Gasteiger partial charge in [0.05, 0.1) is 28.2 Å². The van der Waals surface area contributed by atoms with Gasteiger partial charge < -0.3 is 25.5 Å². The van der Waals surface area contributed by atoms with Crippen LogP contribution >= 0.6 is 11.3 Å². The highest BCUT2D eigenvalue weighted by Crippen LogP contribution is 2.34. The number of hydrogen-bond donors (Lipinski definition) is 3. The van der Waals surface area contributed by atoms with Gasteiger partial charge in [-0.15, -0.1) is 11.3 Å². The van der Waals surface area contributed by atoms with Crippen molar-refractivity contribution in [1.82, 2.24) is 20.5 Å². The van der Waals surface area contributed by atoms with Crippen molar-refractivity contribution < 1.29 is 19.5 Å². The van der Waals surface area contributed by atoms with Gasteiger partial charge in [0.15, 0.2) is 5.84 Å². The third-order valence-electron chi connectivity index (χ3n) is 6.47. The molecule has 1 aromatic heterocycles. The standard InChI is InChI=1S/C25H33N5O4S/c1-14-20(35-13-26-14)16-7-9-17(10-8-16)25(6)28-22(29-34-25)19-11-18(32)12-30(19)23(33)21(24(3,4)5)27-15(2)31/h7-10,13,18-19,21,32H,11-12H2,1-6H3,(H,27,31)(H,28,29)/t18-,19+,21-,25+/m1/s1. The predicted molar refractivity (Wildman–Crippen MR) is 134 cm³/mol. The SMILES string of the molecule is CC(=O)N[C@H](C(=O)N1C[C@H](O)C[C@H]1C1=NO[C@@](C)(c2ccc(-c3scnc3C)cc2)N1)C(C)(C)C. The van der Waals surface area contributed by atoms with Gasteiger partial charge in [-0.05, 0) is 17.9 Å². The highest BCUT2D eigenvalue weighted by molar-refractivity contribution is 7.13. The van der Waals surface area contributed by atoms with Crippen molar-refractivity contribution in [2.24, 2.45) is 10.6 Å². The molecule has 0 unspecified atom stereocenters. The Morgan fingerprint density at radius 3 is 2.57 bits per heavy atom. The van der Waals surface area contributed by atoms with E-state index in [2.05, 4.69) is 20.8 Å². The monoisotopic (exact) mass is 499 g/mol. The first-order chi connectivity index (χ1) is 16.4. The lowest BCUT2D eigenvalue weighted by Gasteiger charge is -2.35. The third kappa shape index (κ3) is 5.04. The van der Waals surface area contributed by atoms with Crippen molar-refractivity contribution in [1.29, 1.82) is 0 Å². The highest BCUT2D eigenvalue weighted by atomic mass is 32.1. The number of oxime groups is 1. The molecule has 4 rings (SSSR count). The number of nitrogens with one attached hydrogen (secondary N) is 2. The Labute approximate surface area is 209 Å². The topological polar surface area (TPSA) is 116 Å². The molecule has 0 aliphatic carbocycles. The van der Waals surface area contributed by atoms with Gasteiger partial charge in [0, 0.05) is 32.4 Å². The molecule has 188 valence electrons. The van der Waals surface area contributed by atoms with E-state index < -0.39 is 29.3 Å². The number of benzene rings is 1. The summed E-state index contributed by atoms with van der Waals surface area (Å²) in [6.07, 6.45) is -0.363. The summed E-state index contributed by atoms with van der Waals surface area (Å²) in [5.41, 5.74) is 3.37. The Kier molecular flexibility index (Phi) is 6.63. The van der Waals surface area contributed by atoms with Gasteiger partial charge >= 0.3 is 0 Å². The number of aliphatic hydroxyl groups excluding tert-OH is 1. The Balaban J connectivity index is 1.52. The van der Waals surface area contributed by atoms with E-state index in [-0.39, 0.29) is 18.4 Å². The number of carbonyl (C=O) groups is 2. The van der Waals surface area contributed by atoms with Crippen molar-refractivity contribution in [3.05, 3.63) is 41.0 Å². The van der Waals surface area contributed by atoms with Crippen LogP contribution in [0.1, 0.15) is 52.3 Å². The lowest BCUT2D eigenvalue weighted by Crippen LogP contribution is -2.57. The minimum absolute atomic E-state index is 0.163. The second kappa shape index (κ2) is 9.23. The zero-order valence-electron chi connectivity index (χ0n) is 21.0. The number of likely N-dealkylation sites (tertiary alicyclic amines) is 1. The van der Waals surface area contributed by atoms with Crippen LogP contribution in [-0.4, -0.2) is 57.4 Å². The summed E-state index contributed by atoms with van der Waals surface area (Å²) in [6.45, 7) is 11.1. The Morgan fingerprint density at radius 2 is 2.00 bits per heavy atom. The summed E-state index contributed by atoms with van der Waals surface area (Å²) in [4.78, 5) is 38.2. The first kappa shape index (κ1) is 25.1. The van der Waals surface area contributed by atoms with Gasteiger partial charge in [0.2, 0.25) is 17.5 Å². The van der Waals surface area contributed by atoms with E-state index in [0.717, 1.165) is 21.7 Å². The fourth-order valence-corrected chi connectivity index (χ4v) is 5.36. The number of hydrogen-bond acceptors (Lipinski definition) is 8. The number of thiazole rings is 1. The van der Waals surface area contributed by atoms with E-state index in [1.165, 1.54) is 6.92 Å². The molecule has 0 spiro atoms. The molecule has 0 bridgehead atoms. The minimum atomic E-state index is -0.917. The molecule has 0 radical (unpaired) electrons. The lowest BCUT2D eigenvalue weighted by atomic mass is 9.85. The van der Waals surface area contributed by atoms with E-state index in [1.807, 2.05) is 64.4 Å². The summed E-state index contributed by atoms with van der Waals surface area (Å²) in [5.74, 6) is -0.0503. The molecule has 1 fully saturated rings. The fourth-order valence-electron chi connectivity index (χ4n) is 4.55. The number of rotatable bonds is 5. The number of carbonyl (C=O) groups excluding carboxylic acids is 2. The second-order valence-corrected chi connectivity index (χ2v) is 11.3. The number of aliphatic hydroxyl groups is 1. The van der Waals surface area contributed by atoms with Gasteiger partial charge in [-0.1, -0.05) is 50.2 Å². The third-order valence-corrected chi connectivity index (χ3v) is 7.45. The number of β-amino-alcohol motifs (C(OH)–C–C–N with tert-alkyl or cyclic N) is 1. The summed E-state index contributed by atoms with van der Waals surface area (Å²) in [7, 11) is 0. The van der Waals surface area contributed by atoms with Crippen molar-refractivity contribution in [2.45, 2.75) is 71.9 Å². The van der Waals surface area contributed by atoms with Crippen LogP contribution in [0.15, 0.2) is 34.9 Å². The summed E-state index contributed by atoms with van der Waals surface area (Å²) >= 11 is 1.60. The van der Waals surface area contributed by atoms with Crippen molar-refractivity contribution in [2.75, 3.05) is 6.54 Å². The van der Waals surface area contributed by atoms with Crippen molar-refractivity contribution in [3.63, 3.8) is 0 Å². The molecule has 1 aromatic carbocycles. The fraction of sp³-hybridized carbons (Fsp3) is 0.520. The molecule has 2 aliphatic heterocycles. The number of amidine groups is 1. The van der Waals surface area contributed by atoms with Gasteiger partial charge in [0.25, 0.3) is 0 Å². The molecule has 3 N–H and O–H groups in total. The van der Waals surface area contributed by atoms with Crippen LogP contribution in [0, 0.1) is 12.3 Å². The highest BCUT2D eigenvalue weighted by Gasteiger charge is 2.47. The molecule has 2 aromatic rings. The van der Waals surface area contributed by atoms with Gasteiger partial charge in [0.1, 0.15) is 6.04 Å². The maximum atomic E-state index is 13.5. The Hall–Kier alpha value is -2.98. The summed E-state index contributed by atoms with van der Waals surface area (Å²) < 4.78 is 0. The van der Waals surface area contributed by atoms with Crippen molar-refractivity contribution >= 4 is 29.0 Å². The predicted octanol–water partition coefficient (Wildman–Crippen LogP) is 2.74. The summed E-state index contributed by atoms with van der Waals surface area (Å²) in [5, 5.41) is 20.8. The number of aryl methyl sites for hydroxylation is 1. The molecule has 10 heteroatoms.